The number of amides is 2. The van der Waals surface area contributed by atoms with Gasteiger partial charge in [-0.15, -0.1) is 0 Å². The van der Waals surface area contributed by atoms with Gasteiger partial charge >= 0.3 is 0 Å². The molecular formula is C17H19ClN2O2S. The number of fused-ring (bicyclic) bond motifs is 1. The van der Waals surface area contributed by atoms with E-state index in [2.05, 4.69) is 38.0 Å². The lowest BCUT2D eigenvalue weighted by Gasteiger charge is -2.45. The van der Waals surface area contributed by atoms with Crippen LogP contribution in [0.4, 0.5) is 10.5 Å². The third-order valence-corrected chi connectivity index (χ3v) is 5.82. The number of thioether (sulfide) groups is 1. The van der Waals surface area contributed by atoms with E-state index in [1.54, 1.807) is 6.08 Å². The number of carbonyl (C=O) groups is 2. The predicted octanol–water partition coefficient (Wildman–Crippen LogP) is 4.39. The Hall–Kier alpha value is -1.46. The van der Waals surface area contributed by atoms with Crippen LogP contribution in [0.2, 0.25) is 5.02 Å². The zero-order valence-corrected chi connectivity index (χ0v) is 15.1. The first-order valence-corrected chi connectivity index (χ1v) is 8.70. The average Bonchev–Trinajstić information content (AvgIpc) is 2.76. The van der Waals surface area contributed by atoms with Gasteiger partial charge in [-0.1, -0.05) is 18.5 Å². The van der Waals surface area contributed by atoms with Crippen molar-refractivity contribution >= 4 is 46.3 Å². The summed E-state index contributed by atoms with van der Waals surface area (Å²) in [6.07, 6.45) is 2.74. The van der Waals surface area contributed by atoms with Crippen LogP contribution in [-0.2, 0) is 4.79 Å². The molecule has 23 heavy (non-hydrogen) atoms. The zero-order valence-electron chi connectivity index (χ0n) is 13.6. The first-order chi connectivity index (χ1) is 10.7. The summed E-state index contributed by atoms with van der Waals surface area (Å²) in [4.78, 5) is 25.6. The molecular weight excluding hydrogens is 332 g/mol. The lowest BCUT2D eigenvalue weighted by Crippen LogP contribution is -2.45. The van der Waals surface area contributed by atoms with E-state index in [-0.39, 0.29) is 16.7 Å². The smallest absolute Gasteiger partial charge is 0.290 e. The Kier molecular flexibility index (Phi) is 3.97. The topological polar surface area (TPSA) is 49.4 Å². The van der Waals surface area contributed by atoms with Gasteiger partial charge in [0.2, 0.25) is 0 Å². The fourth-order valence-corrected chi connectivity index (χ4v) is 4.16. The highest BCUT2D eigenvalue weighted by atomic mass is 35.5. The van der Waals surface area contributed by atoms with Crippen molar-refractivity contribution < 1.29 is 9.59 Å². The summed E-state index contributed by atoms with van der Waals surface area (Å²) in [5.74, 6) is 0.0393. The Morgan fingerprint density at radius 2 is 2.09 bits per heavy atom. The lowest BCUT2D eigenvalue weighted by molar-refractivity contribution is -0.115. The van der Waals surface area contributed by atoms with Gasteiger partial charge in [0, 0.05) is 23.3 Å². The molecule has 1 fully saturated rings. The molecule has 122 valence electrons. The lowest BCUT2D eigenvalue weighted by atomic mass is 9.80. The Bertz CT molecular complexity index is 742. The number of hydrogen-bond donors (Lipinski definition) is 1. The van der Waals surface area contributed by atoms with Crippen LogP contribution >= 0.6 is 23.4 Å². The summed E-state index contributed by atoms with van der Waals surface area (Å²) in [5.41, 5.74) is 3.19. The van der Waals surface area contributed by atoms with Gasteiger partial charge in [0.1, 0.15) is 0 Å². The molecule has 0 unspecified atom stereocenters. The summed E-state index contributed by atoms with van der Waals surface area (Å²) in [5, 5.41) is 2.50. The molecule has 1 N–H and O–H groups in total. The molecule has 1 atom stereocenters. The van der Waals surface area contributed by atoms with E-state index in [9.17, 15) is 9.59 Å². The number of rotatable bonds is 1. The van der Waals surface area contributed by atoms with Crippen LogP contribution in [0, 0.1) is 0 Å². The molecule has 3 rings (SSSR count). The molecule has 4 nitrogen and oxygen atoms in total. The Labute approximate surface area is 145 Å². The first kappa shape index (κ1) is 16.4. The van der Waals surface area contributed by atoms with E-state index >= 15 is 0 Å². The van der Waals surface area contributed by atoms with E-state index < -0.39 is 0 Å². The van der Waals surface area contributed by atoms with E-state index in [1.165, 1.54) is 5.56 Å². The molecule has 2 aliphatic rings. The van der Waals surface area contributed by atoms with Crippen molar-refractivity contribution in [2.24, 2.45) is 0 Å². The van der Waals surface area contributed by atoms with Gasteiger partial charge in [-0.3, -0.25) is 14.9 Å². The minimum Gasteiger partial charge on any atom is -0.369 e. The van der Waals surface area contributed by atoms with Crippen LogP contribution < -0.4 is 10.2 Å². The third kappa shape index (κ3) is 2.88. The highest BCUT2D eigenvalue weighted by Crippen LogP contribution is 2.44. The summed E-state index contributed by atoms with van der Waals surface area (Å²) in [7, 11) is 2.08. The highest BCUT2D eigenvalue weighted by molar-refractivity contribution is 8.18. The van der Waals surface area contributed by atoms with Crippen molar-refractivity contribution in [3.63, 3.8) is 0 Å². The van der Waals surface area contributed by atoms with Crippen molar-refractivity contribution in [1.29, 1.82) is 0 Å². The maximum Gasteiger partial charge on any atom is 0.290 e. The van der Waals surface area contributed by atoms with Crippen molar-refractivity contribution in [2.45, 2.75) is 38.6 Å². The van der Waals surface area contributed by atoms with Crippen LogP contribution in [0.15, 0.2) is 17.0 Å². The quantitative estimate of drug-likeness (QED) is 0.763. The maximum atomic E-state index is 11.7. The molecule has 0 aliphatic carbocycles. The largest absolute Gasteiger partial charge is 0.369 e. The van der Waals surface area contributed by atoms with Crippen LogP contribution in [0.3, 0.4) is 0 Å². The third-order valence-electron chi connectivity index (χ3n) is 4.68. The van der Waals surface area contributed by atoms with Gasteiger partial charge < -0.3 is 4.90 Å². The number of halogens is 1. The fraction of sp³-hybridized carbons (Fsp3) is 0.412. The maximum absolute atomic E-state index is 11.7. The number of anilines is 1. The van der Waals surface area contributed by atoms with Gasteiger partial charge in [0.05, 0.1) is 4.91 Å². The molecule has 6 heteroatoms. The second kappa shape index (κ2) is 5.56. The summed E-state index contributed by atoms with van der Waals surface area (Å²) < 4.78 is 0. The van der Waals surface area contributed by atoms with Crippen molar-refractivity contribution in [3.8, 4) is 0 Å². The van der Waals surface area contributed by atoms with Gasteiger partial charge in [0.15, 0.2) is 0 Å². The van der Waals surface area contributed by atoms with E-state index in [0.717, 1.165) is 29.4 Å². The molecule has 0 saturated carbocycles. The van der Waals surface area contributed by atoms with E-state index in [1.807, 2.05) is 12.1 Å². The second-order valence-corrected chi connectivity index (χ2v) is 8.18. The minimum atomic E-state index is -0.361. The first-order valence-electron chi connectivity index (χ1n) is 7.51. The van der Waals surface area contributed by atoms with Crippen molar-refractivity contribution in [2.75, 3.05) is 11.9 Å². The normalized spacial score (nSPS) is 24.8. The molecule has 2 heterocycles. The van der Waals surface area contributed by atoms with Gasteiger partial charge in [-0.05, 0) is 67.3 Å². The van der Waals surface area contributed by atoms with Crippen LogP contribution in [0.1, 0.15) is 44.2 Å². The molecule has 1 aromatic carbocycles. The summed E-state index contributed by atoms with van der Waals surface area (Å²) >= 11 is 7.34. The van der Waals surface area contributed by atoms with E-state index in [4.69, 9.17) is 11.6 Å². The molecule has 1 saturated heterocycles. The molecule has 1 aromatic rings. The summed E-state index contributed by atoms with van der Waals surface area (Å²) in [6.45, 7) is 6.65. The molecule has 0 aromatic heterocycles. The number of carbonyl (C=O) groups excluding carboxylic acids is 2. The number of imide groups is 1. The summed E-state index contributed by atoms with van der Waals surface area (Å²) in [6, 6.07) is 4.00. The predicted molar refractivity (Wildman–Crippen MR) is 96.1 cm³/mol. The highest BCUT2D eigenvalue weighted by Gasteiger charge is 2.34. The Morgan fingerprint density at radius 1 is 1.39 bits per heavy atom. The minimum absolute atomic E-state index is 0.0728. The van der Waals surface area contributed by atoms with E-state index in [0.29, 0.717) is 15.8 Å². The number of benzene rings is 1. The van der Waals surface area contributed by atoms with Gasteiger partial charge in [-0.2, -0.15) is 0 Å². The Balaban J connectivity index is 2.06. The monoisotopic (exact) mass is 350 g/mol. The fourth-order valence-electron chi connectivity index (χ4n) is 3.28. The van der Waals surface area contributed by atoms with Gasteiger partial charge in [-0.25, -0.2) is 0 Å². The second-order valence-electron chi connectivity index (χ2n) is 6.76. The van der Waals surface area contributed by atoms with Crippen LogP contribution in [0.25, 0.3) is 6.08 Å². The molecule has 0 bridgehead atoms. The number of nitrogens with zero attached hydrogens (tertiary/aromatic N) is 1. The number of hydrogen-bond acceptors (Lipinski definition) is 4. The molecule has 2 aliphatic heterocycles. The van der Waals surface area contributed by atoms with Crippen molar-refractivity contribution in [1.82, 2.24) is 5.32 Å². The van der Waals surface area contributed by atoms with Crippen LogP contribution in [0.5, 0.6) is 0 Å². The SMILES string of the molecule is C[C@H]1CC(C)(C)N(C)c2cc(Cl)c(/C=C3/SC(=O)NC3=O)cc21. The van der Waals surface area contributed by atoms with Crippen molar-refractivity contribution in [3.05, 3.63) is 33.2 Å². The molecule has 0 spiro atoms. The van der Waals surface area contributed by atoms with Gasteiger partial charge in [0.25, 0.3) is 11.1 Å². The standard InChI is InChI=1S/C17H19ClN2O2S/c1-9-8-17(2,3)20(4)13-7-12(18)10(5-11(9)13)6-14-15(21)19-16(22)23-14/h5-7,9H,8H2,1-4H3,(H,19,21,22)/b14-6+/t9-/m0/s1. The average molecular weight is 351 g/mol. The molecule has 0 radical (unpaired) electrons. The van der Waals surface area contributed by atoms with Crippen LogP contribution in [-0.4, -0.2) is 23.7 Å². The molecule has 2 amide bonds. The Morgan fingerprint density at radius 3 is 2.70 bits per heavy atom. The zero-order chi connectivity index (χ0) is 16.9. The number of nitrogens with one attached hydrogen (secondary N) is 1.